The van der Waals surface area contributed by atoms with Gasteiger partial charge in [0, 0.05) is 12.4 Å². The van der Waals surface area contributed by atoms with Gasteiger partial charge in [-0.05, 0) is 30.2 Å². The lowest BCUT2D eigenvalue weighted by Crippen LogP contribution is -2.14. The molecule has 0 aliphatic heterocycles. The first-order valence-electron chi connectivity index (χ1n) is 6.99. The van der Waals surface area contributed by atoms with Gasteiger partial charge in [-0.2, -0.15) is 5.10 Å². The minimum absolute atomic E-state index is 0.136. The molecule has 0 bridgehead atoms. The Kier molecular flexibility index (Phi) is 3.62. The van der Waals surface area contributed by atoms with Crippen LogP contribution >= 0.6 is 0 Å². The summed E-state index contributed by atoms with van der Waals surface area (Å²) in [5.74, 6) is 0.852. The second-order valence-electron chi connectivity index (χ2n) is 5.19. The molecule has 0 aliphatic rings. The summed E-state index contributed by atoms with van der Waals surface area (Å²) in [7, 11) is 3.62. The Morgan fingerprint density at radius 3 is 2.81 bits per heavy atom. The SMILES string of the molecule is COc1cccc(CC(N)c2nn(C)c3ccccc23)c1. The summed E-state index contributed by atoms with van der Waals surface area (Å²) in [6.45, 7) is 0. The second-order valence-corrected chi connectivity index (χ2v) is 5.19. The monoisotopic (exact) mass is 281 g/mol. The molecular formula is C17H19N3O. The molecule has 4 heteroatoms. The molecule has 0 saturated heterocycles. The van der Waals surface area contributed by atoms with Crippen LogP contribution in [-0.2, 0) is 13.5 Å². The first-order valence-corrected chi connectivity index (χ1v) is 6.99. The van der Waals surface area contributed by atoms with Crippen molar-refractivity contribution in [1.29, 1.82) is 0 Å². The molecule has 0 spiro atoms. The summed E-state index contributed by atoms with van der Waals surface area (Å²) in [5.41, 5.74) is 9.58. The van der Waals surface area contributed by atoms with E-state index in [1.807, 2.05) is 42.1 Å². The topological polar surface area (TPSA) is 53.1 Å². The molecule has 0 amide bonds. The number of rotatable bonds is 4. The van der Waals surface area contributed by atoms with Crippen molar-refractivity contribution in [3.05, 3.63) is 59.8 Å². The minimum Gasteiger partial charge on any atom is -0.497 e. The van der Waals surface area contributed by atoms with E-state index in [-0.39, 0.29) is 6.04 Å². The fraction of sp³-hybridized carbons (Fsp3) is 0.235. The molecule has 3 aromatic rings. The van der Waals surface area contributed by atoms with E-state index in [1.165, 1.54) is 0 Å². The van der Waals surface area contributed by atoms with Crippen molar-refractivity contribution in [1.82, 2.24) is 9.78 Å². The second kappa shape index (κ2) is 5.58. The summed E-state index contributed by atoms with van der Waals surface area (Å²) in [6, 6.07) is 16.0. The molecule has 0 radical (unpaired) electrons. The van der Waals surface area contributed by atoms with Crippen molar-refractivity contribution in [3.63, 3.8) is 0 Å². The zero-order valence-electron chi connectivity index (χ0n) is 12.3. The predicted octanol–water partition coefficient (Wildman–Crippen LogP) is 2.82. The van der Waals surface area contributed by atoms with Gasteiger partial charge in [-0.1, -0.05) is 30.3 Å². The van der Waals surface area contributed by atoms with Crippen LogP contribution in [0.15, 0.2) is 48.5 Å². The van der Waals surface area contributed by atoms with Crippen molar-refractivity contribution in [3.8, 4) is 5.75 Å². The Morgan fingerprint density at radius 2 is 2.00 bits per heavy atom. The molecule has 21 heavy (non-hydrogen) atoms. The first kappa shape index (κ1) is 13.6. The number of hydrogen-bond donors (Lipinski definition) is 1. The summed E-state index contributed by atoms with van der Waals surface area (Å²) < 4.78 is 7.14. The Morgan fingerprint density at radius 1 is 1.19 bits per heavy atom. The van der Waals surface area contributed by atoms with Crippen molar-refractivity contribution in [2.24, 2.45) is 12.8 Å². The van der Waals surface area contributed by atoms with E-state index in [9.17, 15) is 0 Å². The van der Waals surface area contributed by atoms with Gasteiger partial charge in [-0.25, -0.2) is 0 Å². The highest BCUT2D eigenvalue weighted by atomic mass is 16.5. The van der Waals surface area contributed by atoms with Crippen LogP contribution < -0.4 is 10.5 Å². The molecule has 108 valence electrons. The first-order chi connectivity index (χ1) is 10.2. The van der Waals surface area contributed by atoms with E-state index in [1.54, 1.807) is 7.11 Å². The molecule has 1 heterocycles. The third-order valence-corrected chi connectivity index (χ3v) is 3.73. The number of hydrogen-bond acceptors (Lipinski definition) is 3. The van der Waals surface area contributed by atoms with Crippen LogP contribution in [-0.4, -0.2) is 16.9 Å². The van der Waals surface area contributed by atoms with Crippen LogP contribution in [0, 0.1) is 0 Å². The van der Waals surface area contributed by atoms with Crippen LogP contribution in [0.5, 0.6) is 5.75 Å². The van der Waals surface area contributed by atoms with Gasteiger partial charge in [0.2, 0.25) is 0 Å². The molecular weight excluding hydrogens is 262 g/mol. The zero-order valence-corrected chi connectivity index (χ0v) is 12.3. The van der Waals surface area contributed by atoms with Crippen molar-refractivity contribution in [2.45, 2.75) is 12.5 Å². The number of benzene rings is 2. The van der Waals surface area contributed by atoms with Crippen LogP contribution in [0.3, 0.4) is 0 Å². The zero-order chi connectivity index (χ0) is 14.8. The number of fused-ring (bicyclic) bond motifs is 1. The van der Waals surface area contributed by atoms with Crippen molar-refractivity contribution >= 4 is 10.9 Å². The standard InChI is InChI=1S/C17H19N3O/c1-20-16-9-4-3-8-14(16)17(19-20)15(18)11-12-6-5-7-13(10-12)21-2/h3-10,15H,11,18H2,1-2H3. The van der Waals surface area contributed by atoms with Crippen LogP contribution in [0.4, 0.5) is 0 Å². The lowest BCUT2D eigenvalue weighted by Gasteiger charge is -2.10. The fourth-order valence-corrected chi connectivity index (χ4v) is 2.67. The number of nitrogens with two attached hydrogens (primary N) is 1. The molecule has 1 unspecified atom stereocenters. The molecule has 0 fully saturated rings. The van der Waals surface area contributed by atoms with E-state index < -0.39 is 0 Å². The summed E-state index contributed by atoms with van der Waals surface area (Å²) in [4.78, 5) is 0. The number of aryl methyl sites for hydroxylation is 1. The average molecular weight is 281 g/mol. The highest BCUT2D eigenvalue weighted by Gasteiger charge is 2.15. The average Bonchev–Trinajstić information content (AvgIpc) is 2.85. The molecule has 0 aliphatic carbocycles. The molecule has 2 N–H and O–H groups in total. The molecule has 4 nitrogen and oxygen atoms in total. The van der Waals surface area contributed by atoms with Crippen LogP contribution in [0.25, 0.3) is 10.9 Å². The summed E-state index contributed by atoms with van der Waals surface area (Å²) in [5, 5.41) is 5.71. The molecule has 1 atom stereocenters. The van der Waals surface area contributed by atoms with Gasteiger partial charge in [0.1, 0.15) is 5.75 Å². The van der Waals surface area contributed by atoms with E-state index in [0.717, 1.165) is 34.3 Å². The number of methoxy groups -OCH3 is 1. The number of aromatic nitrogens is 2. The maximum Gasteiger partial charge on any atom is 0.119 e. The molecule has 0 saturated carbocycles. The van der Waals surface area contributed by atoms with Gasteiger partial charge in [0.05, 0.1) is 24.4 Å². The van der Waals surface area contributed by atoms with Crippen LogP contribution in [0.1, 0.15) is 17.3 Å². The van der Waals surface area contributed by atoms with Gasteiger partial charge >= 0.3 is 0 Å². The number of para-hydroxylation sites is 1. The van der Waals surface area contributed by atoms with Gasteiger partial charge in [-0.15, -0.1) is 0 Å². The number of ether oxygens (including phenoxy) is 1. The Balaban J connectivity index is 1.91. The van der Waals surface area contributed by atoms with Gasteiger partial charge in [0.25, 0.3) is 0 Å². The van der Waals surface area contributed by atoms with Crippen LogP contribution in [0.2, 0.25) is 0 Å². The summed E-state index contributed by atoms with van der Waals surface area (Å²) in [6.07, 6.45) is 0.734. The van der Waals surface area contributed by atoms with E-state index in [4.69, 9.17) is 10.5 Å². The van der Waals surface area contributed by atoms with Crippen molar-refractivity contribution < 1.29 is 4.74 Å². The maximum absolute atomic E-state index is 6.38. The minimum atomic E-state index is -0.136. The molecule has 3 rings (SSSR count). The third kappa shape index (κ3) is 2.62. The maximum atomic E-state index is 6.38. The van der Waals surface area contributed by atoms with E-state index >= 15 is 0 Å². The van der Waals surface area contributed by atoms with E-state index in [0.29, 0.717) is 0 Å². The fourth-order valence-electron chi connectivity index (χ4n) is 2.67. The highest BCUT2D eigenvalue weighted by molar-refractivity contribution is 5.82. The summed E-state index contributed by atoms with van der Waals surface area (Å²) >= 11 is 0. The predicted molar refractivity (Wildman–Crippen MR) is 84.3 cm³/mol. The van der Waals surface area contributed by atoms with Gasteiger partial charge in [-0.3, -0.25) is 4.68 Å². The van der Waals surface area contributed by atoms with Crippen molar-refractivity contribution in [2.75, 3.05) is 7.11 Å². The Hall–Kier alpha value is -2.33. The van der Waals surface area contributed by atoms with Gasteiger partial charge in [0.15, 0.2) is 0 Å². The molecule has 2 aromatic carbocycles. The molecule has 1 aromatic heterocycles. The Labute approximate surface area is 124 Å². The normalized spacial score (nSPS) is 12.5. The number of nitrogens with zero attached hydrogens (tertiary/aromatic N) is 2. The third-order valence-electron chi connectivity index (χ3n) is 3.73. The highest BCUT2D eigenvalue weighted by Crippen LogP contribution is 2.25. The van der Waals surface area contributed by atoms with E-state index in [2.05, 4.69) is 23.3 Å². The lowest BCUT2D eigenvalue weighted by atomic mass is 10.0. The Bertz CT molecular complexity index is 764. The van der Waals surface area contributed by atoms with Gasteiger partial charge < -0.3 is 10.5 Å². The smallest absolute Gasteiger partial charge is 0.119 e. The quantitative estimate of drug-likeness (QED) is 0.800. The largest absolute Gasteiger partial charge is 0.497 e. The lowest BCUT2D eigenvalue weighted by molar-refractivity contribution is 0.414.